The fourth-order valence-electron chi connectivity index (χ4n) is 3.02. The second kappa shape index (κ2) is 7.40. The van der Waals surface area contributed by atoms with Crippen LogP contribution in [-0.4, -0.2) is 51.2 Å². The number of carboxylic acids is 1. The van der Waals surface area contributed by atoms with Crippen molar-refractivity contribution in [3.63, 3.8) is 0 Å². The van der Waals surface area contributed by atoms with Gasteiger partial charge < -0.3 is 19.3 Å². The van der Waals surface area contributed by atoms with Gasteiger partial charge in [0.15, 0.2) is 0 Å². The Morgan fingerprint density at radius 1 is 1.50 bits per heavy atom. The first-order chi connectivity index (χ1) is 10.6. The number of carboxylic acid groups (broad SMARTS) is 1. The lowest BCUT2D eigenvalue weighted by atomic mass is 9.99. The van der Waals surface area contributed by atoms with Crippen LogP contribution in [0.3, 0.4) is 0 Å². The number of aromatic nitrogens is 2. The lowest BCUT2D eigenvalue weighted by molar-refractivity contribution is -0.171. The molecule has 1 saturated heterocycles. The number of carbonyl (C=O) groups is 2. The van der Waals surface area contributed by atoms with E-state index in [1.807, 2.05) is 15.7 Å². The monoisotopic (exact) mass is 309 g/mol. The maximum Gasteiger partial charge on any atom is 0.303 e. The fraction of sp³-hybridized carbons (Fsp3) is 0.667. The molecule has 0 aliphatic carbocycles. The van der Waals surface area contributed by atoms with Crippen molar-refractivity contribution < 1.29 is 19.4 Å². The second-order valence-electron chi connectivity index (χ2n) is 5.59. The molecule has 1 atom stereocenters. The van der Waals surface area contributed by atoms with Crippen molar-refractivity contribution in [1.82, 2.24) is 14.5 Å². The molecule has 1 aromatic heterocycles. The zero-order valence-electron chi connectivity index (χ0n) is 12.9. The molecule has 22 heavy (non-hydrogen) atoms. The van der Waals surface area contributed by atoms with Gasteiger partial charge in [0.25, 0.3) is 0 Å². The molecule has 1 aromatic rings. The molecule has 2 rings (SSSR count). The minimum absolute atomic E-state index is 0.0521. The summed E-state index contributed by atoms with van der Waals surface area (Å²) in [6.07, 6.45) is 8.28. The summed E-state index contributed by atoms with van der Waals surface area (Å²) >= 11 is 0. The second-order valence-corrected chi connectivity index (χ2v) is 5.59. The van der Waals surface area contributed by atoms with E-state index in [4.69, 9.17) is 9.84 Å². The lowest BCUT2D eigenvalue weighted by Gasteiger charge is -2.47. The number of ether oxygens (including phenoxy) is 1. The van der Waals surface area contributed by atoms with Gasteiger partial charge in [-0.3, -0.25) is 9.59 Å². The van der Waals surface area contributed by atoms with Crippen molar-refractivity contribution in [2.45, 2.75) is 44.7 Å². The number of rotatable bonds is 8. The molecule has 0 aromatic carbocycles. The number of nitrogens with zero attached hydrogens (tertiary/aromatic N) is 3. The van der Waals surface area contributed by atoms with E-state index in [2.05, 4.69) is 11.9 Å². The van der Waals surface area contributed by atoms with Gasteiger partial charge in [-0.1, -0.05) is 13.3 Å². The average Bonchev–Trinajstić information content (AvgIpc) is 3.00. The van der Waals surface area contributed by atoms with E-state index in [1.54, 1.807) is 12.5 Å². The van der Waals surface area contributed by atoms with E-state index >= 15 is 0 Å². The maximum atomic E-state index is 12.4. The first-order valence-electron chi connectivity index (χ1n) is 7.68. The molecular weight excluding hydrogens is 286 g/mol. The highest BCUT2D eigenvalue weighted by Crippen LogP contribution is 2.31. The van der Waals surface area contributed by atoms with Crippen LogP contribution in [0.4, 0.5) is 0 Å². The van der Waals surface area contributed by atoms with Crippen molar-refractivity contribution >= 4 is 11.9 Å². The van der Waals surface area contributed by atoms with Crippen LogP contribution in [-0.2, 0) is 20.0 Å². The van der Waals surface area contributed by atoms with Gasteiger partial charge in [0.05, 0.1) is 12.9 Å². The standard InChI is InChI=1S/C15H23N3O4/c1-2-6-15(17-9-7-16-12-17)11-22-10-13(19)18(15)8-4-3-5-14(20)21/h7,9,12H,2-6,8,10-11H2,1H3,(H,20,21). The van der Waals surface area contributed by atoms with Gasteiger partial charge in [0, 0.05) is 25.4 Å². The first-order valence-corrected chi connectivity index (χ1v) is 7.68. The third-order valence-corrected chi connectivity index (χ3v) is 4.02. The molecule has 1 unspecified atom stereocenters. The van der Waals surface area contributed by atoms with E-state index in [1.165, 1.54) is 0 Å². The zero-order valence-corrected chi connectivity index (χ0v) is 12.9. The Labute approximate surface area is 129 Å². The Morgan fingerprint density at radius 2 is 2.32 bits per heavy atom. The molecule has 122 valence electrons. The summed E-state index contributed by atoms with van der Waals surface area (Å²) in [5, 5.41) is 8.73. The Balaban J connectivity index is 2.16. The van der Waals surface area contributed by atoms with Gasteiger partial charge in [-0.2, -0.15) is 0 Å². The van der Waals surface area contributed by atoms with Crippen molar-refractivity contribution in [2.75, 3.05) is 19.8 Å². The van der Waals surface area contributed by atoms with Crippen LogP contribution in [0.1, 0.15) is 39.0 Å². The van der Waals surface area contributed by atoms with Gasteiger partial charge in [-0.15, -0.1) is 0 Å². The number of hydrogen-bond acceptors (Lipinski definition) is 4. The highest BCUT2D eigenvalue weighted by atomic mass is 16.5. The molecule has 2 heterocycles. The summed E-state index contributed by atoms with van der Waals surface area (Å²) in [5.74, 6) is -0.855. The number of unbranched alkanes of at least 4 members (excludes halogenated alkanes) is 1. The topological polar surface area (TPSA) is 84.7 Å². The van der Waals surface area contributed by atoms with E-state index in [9.17, 15) is 9.59 Å². The van der Waals surface area contributed by atoms with Crippen molar-refractivity contribution in [2.24, 2.45) is 0 Å². The number of amides is 1. The zero-order chi connectivity index (χ0) is 16.0. The van der Waals surface area contributed by atoms with Crippen LogP contribution in [0.15, 0.2) is 18.7 Å². The number of carbonyl (C=O) groups excluding carboxylic acids is 1. The highest BCUT2D eigenvalue weighted by molar-refractivity contribution is 5.78. The summed E-state index contributed by atoms with van der Waals surface area (Å²) in [6.45, 7) is 3.12. The third-order valence-electron chi connectivity index (χ3n) is 4.02. The van der Waals surface area contributed by atoms with Gasteiger partial charge in [0.1, 0.15) is 12.3 Å². The molecule has 1 aliphatic heterocycles. The Morgan fingerprint density at radius 3 is 2.95 bits per heavy atom. The van der Waals surface area contributed by atoms with Crippen LogP contribution in [0.25, 0.3) is 0 Å². The largest absolute Gasteiger partial charge is 0.481 e. The summed E-state index contributed by atoms with van der Waals surface area (Å²) in [5.41, 5.74) is -0.552. The number of aliphatic carboxylic acids is 1. The van der Waals surface area contributed by atoms with E-state index in [0.29, 0.717) is 26.0 Å². The average molecular weight is 309 g/mol. The SMILES string of the molecule is CCCC1(n2ccnc2)COCC(=O)N1CCCCC(=O)O. The molecule has 7 heteroatoms. The molecule has 0 spiro atoms. The number of hydrogen-bond donors (Lipinski definition) is 1. The quantitative estimate of drug-likeness (QED) is 0.735. The first kappa shape index (κ1) is 16.5. The van der Waals surface area contributed by atoms with Crippen molar-refractivity contribution in [3.05, 3.63) is 18.7 Å². The fourth-order valence-corrected chi connectivity index (χ4v) is 3.02. The number of morpholine rings is 1. The molecule has 1 N–H and O–H groups in total. The Bertz CT molecular complexity index is 499. The highest BCUT2D eigenvalue weighted by Gasteiger charge is 2.43. The van der Waals surface area contributed by atoms with E-state index in [0.717, 1.165) is 12.8 Å². The minimum atomic E-state index is -0.803. The molecule has 7 nitrogen and oxygen atoms in total. The maximum absolute atomic E-state index is 12.4. The summed E-state index contributed by atoms with van der Waals surface area (Å²) < 4.78 is 7.45. The van der Waals surface area contributed by atoms with Gasteiger partial charge in [-0.25, -0.2) is 4.98 Å². The molecule has 1 amide bonds. The summed E-state index contributed by atoms with van der Waals surface area (Å²) in [6, 6.07) is 0. The third kappa shape index (κ3) is 3.47. The van der Waals surface area contributed by atoms with Crippen molar-refractivity contribution in [1.29, 1.82) is 0 Å². The van der Waals surface area contributed by atoms with Gasteiger partial charge in [0.2, 0.25) is 5.91 Å². The smallest absolute Gasteiger partial charge is 0.303 e. The van der Waals surface area contributed by atoms with Gasteiger partial charge in [-0.05, 0) is 19.3 Å². The predicted octanol–water partition coefficient (Wildman–Crippen LogP) is 1.45. The van der Waals surface area contributed by atoms with Crippen LogP contribution >= 0.6 is 0 Å². The van der Waals surface area contributed by atoms with Crippen molar-refractivity contribution in [3.8, 4) is 0 Å². The Hall–Kier alpha value is -1.89. The molecule has 1 aliphatic rings. The molecular formula is C15H23N3O4. The normalized spacial score (nSPS) is 22.0. The summed E-state index contributed by atoms with van der Waals surface area (Å²) in [7, 11) is 0. The lowest BCUT2D eigenvalue weighted by Crippen LogP contribution is -2.60. The van der Waals surface area contributed by atoms with Crippen LogP contribution < -0.4 is 0 Å². The Kier molecular flexibility index (Phi) is 5.54. The minimum Gasteiger partial charge on any atom is -0.481 e. The molecule has 0 bridgehead atoms. The van der Waals surface area contributed by atoms with E-state index < -0.39 is 11.6 Å². The van der Waals surface area contributed by atoms with Gasteiger partial charge >= 0.3 is 5.97 Å². The predicted molar refractivity (Wildman–Crippen MR) is 79.1 cm³/mol. The van der Waals surface area contributed by atoms with Crippen LogP contribution in [0, 0.1) is 0 Å². The number of imidazole rings is 1. The van der Waals surface area contributed by atoms with Crippen LogP contribution in [0.5, 0.6) is 0 Å². The summed E-state index contributed by atoms with van der Waals surface area (Å²) in [4.78, 5) is 28.9. The molecule has 0 radical (unpaired) electrons. The van der Waals surface area contributed by atoms with E-state index in [-0.39, 0.29) is 18.9 Å². The molecule has 1 fully saturated rings. The van der Waals surface area contributed by atoms with Crippen LogP contribution in [0.2, 0.25) is 0 Å². The molecule has 0 saturated carbocycles.